The maximum absolute atomic E-state index is 12.7. The molecule has 0 spiro atoms. The molecule has 2 aromatic rings. The molecule has 1 heterocycles. The van der Waals surface area contributed by atoms with E-state index in [1.165, 1.54) is 38.5 Å². The molecular weight excluding hydrogens is 416 g/mol. The summed E-state index contributed by atoms with van der Waals surface area (Å²) in [5, 5.41) is 0.649. The van der Waals surface area contributed by atoms with Gasteiger partial charge in [-0.15, -0.1) is 0 Å². The van der Waals surface area contributed by atoms with Gasteiger partial charge in [0.15, 0.2) is 5.75 Å². The molecule has 0 amide bonds. The van der Waals surface area contributed by atoms with Crippen LogP contribution in [0.3, 0.4) is 0 Å². The molecule has 0 aliphatic heterocycles. The zero-order chi connectivity index (χ0) is 23.9. The van der Waals surface area contributed by atoms with Crippen LogP contribution in [0.4, 0.5) is 0 Å². The Morgan fingerprint density at radius 1 is 0.879 bits per heavy atom. The fraction of sp³-hybridized carbons (Fsp3) is 0.607. The van der Waals surface area contributed by atoms with Gasteiger partial charge in [0.25, 0.3) is 0 Å². The van der Waals surface area contributed by atoms with Gasteiger partial charge in [-0.25, -0.2) is 4.79 Å². The van der Waals surface area contributed by atoms with E-state index in [0.29, 0.717) is 35.7 Å². The molecule has 0 N–H and O–H groups in total. The lowest BCUT2D eigenvalue weighted by Crippen LogP contribution is -2.14. The predicted octanol–water partition coefficient (Wildman–Crippen LogP) is 7.83. The minimum absolute atomic E-state index is 0.124. The second-order valence-electron chi connectivity index (χ2n) is 8.68. The van der Waals surface area contributed by atoms with Crippen molar-refractivity contribution in [2.45, 2.75) is 98.0 Å². The first-order chi connectivity index (χ1) is 16.1. The molecule has 5 heteroatoms. The van der Waals surface area contributed by atoms with Gasteiger partial charge in [0.05, 0.1) is 19.3 Å². The van der Waals surface area contributed by atoms with E-state index in [9.17, 15) is 4.79 Å². The number of unbranched alkanes of at least 4 members (excludes halogenated alkanes) is 7. The Morgan fingerprint density at radius 3 is 2.30 bits per heavy atom. The summed E-state index contributed by atoms with van der Waals surface area (Å²) < 4.78 is 23.6. The van der Waals surface area contributed by atoms with E-state index in [2.05, 4.69) is 26.0 Å². The topological polar surface area (TPSA) is 57.9 Å². The second-order valence-corrected chi connectivity index (χ2v) is 8.68. The van der Waals surface area contributed by atoms with Crippen molar-refractivity contribution in [3.8, 4) is 17.2 Å². The van der Waals surface area contributed by atoms with Crippen LogP contribution in [0.15, 0.2) is 39.6 Å². The number of benzene rings is 1. The standard InChI is InChI=1S/C28H42O5/c1-5-7-9-11-12-13-14-16-21-31-27-26(32-22(3)4)25-23(30-20-15-10-8-6-2)18-17-19-24(25)33-28(27)29/h8,10,17-19,22H,5-7,9,11-16,20-21H2,1-4H3/b10-8+. The van der Waals surface area contributed by atoms with Crippen LogP contribution < -0.4 is 19.8 Å². The molecule has 5 nitrogen and oxygen atoms in total. The van der Waals surface area contributed by atoms with Gasteiger partial charge in [-0.3, -0.25) is 0 Å². The van der Waals surface area contributed by atoms with Gasteiger partial charge in [0.2, 0.25) is 5.75 Å². The Labute approximate surface area is 199 Å². The van der Waals surface area contributed by atoms with Crippen LogP contribution in [0.5, 0.6) is 17.2 Å². The molecule has 0 fully saturated rings. The van der Waals surface area contributed by atoms with Crippen LogP contribution in [-0.2, 0) is 0 Å². The third-order valence-electron chi connectivity index (χ3n) is 5.35. The fourth-order valence-electron chi connectivity index (χ4n) is 3.70. The SMILES string of the molecule is CC/C=C/CCOc1cccc2oc(=O)c(OCCCCCCCCCC)c(OC(C)C)c12. The Bertz CT molecular complexity index is 897. The molecule has 0 unspecified atom stereocenters. The molecule has 1 aromatic heterocycles. The number of ether oxygens (including phenoxy) is 3. The summed E-state index contributed by atoms with van der Waals surface area (Å²) >= 11 is 0. The normalized spacial score (nSPS) is 11.5. The molecule has 0 saturated carbocycles. The van der Waals surface area contributed by atoms with Crippen molar-refractivity contribution in [2.75, 3.05) is 13.2 Å². The first-order valence-corrected chi connectivity index (χ1v) is 12.8. The van der Waals surface area contributed by atoms with Gasteiger partial charge in [0, 0.05) is 0 Å². The van der Waals surface area contributed by atoms with E-state index in [1.807, 2.05) is 26.0 Å². The molecule has 0 bridgehead atoms. The highest BCUT2D eigenvalue weighted by atomic mass is 16.5. The zero-order valence-electron chi connectivity index (χ0n) is 21.0. The van der Waals surface area contributed by atoms with Crippen LogP contribution >= 0.6 is 0 Å². The highest BCUT2D eigenvalue weighted by Gasteiger charge is 2.22. The summed E-state index contributed by atoms with van der Waals surface area (Å²) in [6, 6.07) is 5.46. The number of allylic oxidation sites excluding steroid dienone is 1. The molecule has 0 radical (unpaired) electrons. The summed E-state index contributed by atoms with van der Waals surface area (Å²) in [5.74, 6) is 1.19. The summed E-state index contributed by atoms with van der Waals surface area (Å²) in [4.78, 5) is 12.7. The molecule has 0 atom stereocenters. The largest absolute Gasteiger partial charge is 0.492 e. The van der Waals surface area contributed by atoms with E-state index >= 15 is 0 Å². The number of hydrogen-bond acceptors (Lipinski definition) is 5. The average Bonchev–Trinajstić information content (AvgIpc) is 2.79. The maximum atomic E-state index is 12.7. The summed E-state index contributed by atoms with van der Waals surface area (Å²) in [5.41, 5.74) is -0.0718. The van der Waals surface area contributed by atoms with Crippen molar-refractivity contribution in [3.05, 3.63) is 40.8 Å². The number of rotatable bonds is 17. The van der Waals surface area contributed by atoms with E-state index < -0.39 is 5.63 Å². The highest BCUT2D eigenvalue weighted by molar-refractivity contribution is 5.91. The molecule has 2 rings (SSSR count). The van der Waals surface area contributed by atoms with Crippen LogP contribution in [0.1, 0.15) is 91.9 Å². The smallest absolute Gasteiger partial charge is 0.383 e. The Hall–Kier alpha value is -2.43. The molecular formula is C28H42O5. The molecule has 0 aliphatic rings. The van der Waals surface area contributed by atoms with Gasteiger partial charge in [-0.2, -0.15) is 0 Å². The summed E-state index contributed by atoms with van der Waals surface area (Å²) in [7, 11) is 0. The second kappa shape index (κ2) is 15.4. The maximum Gasteiger partial charge on any atom is 0.383 e. The zero-order valence-corrected chi connectivity index (χ0v) is 21.0. The van der Waals surface area contributed by atoms with Gasteiger partial charge in [0.1, 0.15) is 16.7 Å². The Balaban J connectivity index is 2.12. The summed E-state index contributed by atoms with van der Waals surface area (Å²) in [6.45, 7) is 9.20. The van der Waals surface area contributed by atoms with Crippen LogP contribution in [-0.4, -0.2) is 19.3 Å². The van der Waals surface area contributed by atoms with Gasteiger partial charge >= 0.3 is 5.63 Å². The first-order valence-electron chi connectivity index (χ1n) is 12.8. The monoisotopic (exact) mass is 458 g/mol. The van der Waals surface area contributed by atoms with E-state index in [1.54, 1.807) is 6.07 Å². The quantitative estimate of drug-likeness (QED) is 0.137. The highest BCUT2D eigenvalue weighted by Crippen LogP contribution is 2.39. The lowest BCUT2D eigenvalue weighted by atomic mass is 10.1. The van der Waals surface area contributed by atoms with Gasteiger partial charge in [-0.1, -0.05) is 77.0 Å². The fourth-order valence-corrected chi connectivity index (χ4v) is 3.70. The molecule has 184 valence electrons. The van der Waals surface area contributed by atoms with Gasteiger partial charge in [-0.05, 0) is 45.2 Å². The lowest BCUT2D eigenvalue weighted by molar-refractivity contribution is 0.215. The third kappa shape index (κ3) is 9.15. The number of hydrogen-bond donors (Lipinski definition) is 0. The van der Waals surface area contributed by atoms with Crippen LogP contribution in [0.25, 0.3) is 11.0 Å². The van der Waals surface area contributed by atoms with Crippen LogP contribution in [0, 0.1) is 0 Å². The van der Waals surface area contributed by atoms with Gasteiger partial charge < -0.3 is 18.6 Å². The third-order valence-corrected chi connectivity index (χ3v) is 5.35. The molecule has 0 saturated heterocycles. The van der Waals surface area contributed by atoms with Crippen molar-refractivity contribution in [1.82, 2.24) is 0 Å². The molecule has 33 heavy (non-hydrogen) atoms. The van der Waals surface area contributed by atoms with E-state index in [0.717, 1.165) is 25.7 Å². The van der Waals surface area contributed by atoms with Crippen molar-refractivity contribution in [2.24, 2.45) is 0 Å². The Morgan fingerprint density at radius 2 is 1.61 bits per heavy atom. The van der Waals surface area contributed by atoms with Crippen molar-refractivity contribution in [3.63, 3.8) is 0 Å². The lowest BCUT2D eigenvalue weighted by Gasteiger charge is -2.18. The first kappa shape index (κ1) is 26.8. The van der Waals surface area contributed by atoms with Crippen molar-refractivity contribution >= 4 is 11.0 Å². The molecule has 1 aromatic carbocycles. The Kier molecular flexibility index (Phi) is 12.5. The van der Waals surface area contributed by atoms with E-state index in [-0.39, 0.29) is 11.9 Å². The molecule has 0 aliphatic carbocycles. The van der Waals surface area contributed by atoms with Crippen LogP contribution in [0.2, 0.25) is 0 Å². The van der Waals surface area contributed by atoms with Crippen molar-refractivity contribution in [1.29, 1.82) is 0 Å². The number of fused-ring (bicyclic) bond motifs is 1. The summed E-state index contributed by atoms with van der Waals surface area (Å²) in [6.07, 6.45) is 15.6. The predicted molar refractivity (Wildman–Crippen MR) is 136 cm³/mol. The minimum atomic E-state index is -0.513. The van der Waals surface area contributed by atoms with Crippen molar-refractivity contribution < 1.29 is 18.6 Å². The average molecular weight is 459 g/mol. The van der Waals surface area contributed by atoms with E-state index in [4.69, 9.17) is 18.6 Å². The minimum Gasteiger partial charge on any atom is -0.492 e.